The molecule has 5 aromatic rings. The number of nitrogens with one attached hydrogen (secondary N) is 1. The molecule has 0 bridgehead atoms. The molecule has 2 heterocycles. The van der Waals surface area contributed by atoms with Gasteiger partial charge in [-0.2, -0.15) is 0 Å². The minimum absolute atomic E-state index is 0.0705. The number of pyridine rings is 1. The van der Waals surface area contributed by atoms with Crippen LogP contribution in [0, 0.1) is 12.7 Å². The van der Waals surface area contributed by atoms with Crippen LogP contribution in [0.3, 0.4) is 0 Å². The zero-order valence-electron chi connectivity index (χ0n) is 28.4. The summed E-state index contributed by atoms with van der Waals surface area (Å²) in [6, 6.07) is 19.6. The molecule has 0 saturated carbocycles. The van der Waals surface area contributed by atoms with E-state index in [1.165, 1.54) is 16.8 Å². The molecule has 0 spiro atoms. The Morgan fingerprint density at radius 3 is 2.28 bits per heavy atom. The number of hydrogen-bond donors (Lipinski definition) is 4. The van der Waals surface area contributed by atoms with Crippen molar-refractivity contribution in [2.75, 3.05) is 19.0 Å². The Kier molecular flexibility index (Phi) is 13.4. The number of alkyl halides is 1. The number of esters is 1. The van der Waals surface area contributed by atoms with Gasteiger partial charge in [0.05, 0.1) is 30.6 Å². The predicted octanol–water partition coefficient (Wildman–Crippen LogP) is 5.22. The molecular weight excluding hydrogens is 808 g/mol. The Morgan fingerprint density at radius 1 is 1.00 bits per heavy atom. The van der Waals surface area contributed by atoms with Gasteiger partial charge in [0.15, 0.2) is 11.6 Å². The van der Waals surface area contributed by atoms with E-state index in [4.69, 9.17) is 30.2 Å². The van der Waals surface area contributed by atoms with E-state index in [2.05, 4.69) is 10.3 Å². The van der Waals surface area contributed by atoms with Crippen LogP contribution in [0.2, 0.25) is 0 Å². The van der Waals surface area contributed by atoms with Crippen LogP contribution in [-0.2, 0) is 19.1 Å². The fourth-order valence-corrected chi connectivity index (χ4v) is 5.75. The Bertz CT molecular complexity index is 2220. The molecule has 3 aromatic carbocycles. The molecule has 2 aromatic heterocycles. The number of carbonyl (C=O) groups excluding carboxylic acids is 2. The number of hydrogen-bond acceptors (Lipinski definition) is 10. The van der Waals surface area contributed by atoms with Crippen LogP contribution in [0.1, 0.15) is 27.0 Å². The number of ether oxygens (including phenoxy) is 3. The largest absolute Gasteiger partial charge is 0.497 e. The van der Waals surface area contributed by atoms with Gasteiger partial charge < -0.3 is 35.5 Å². The zero-order valence-corrected chi connectivity index (χ0v) is 30.5. The highest BCUT2D eigenvalue weighted by Gasteiger charge is 2.30. The Balaban J connectivity index is 0.000000703. The molecule has 53 heavy (non-hydrogen) atoms. The first kappa shape index (κ1) is 39.7. The molecule has 2 atom stereocenters. The summed E-state index contributed by atoms with van der Waals surface area (Å²) < 4.78 is 34.1. The van der Waals surface area contributed by atoms with Crippen molar-refractivity contribution >= 4 is 63.0 Å². The second kappa shape index (κ2) is 17.9. The predicted molar refractivity (Wildman–Crippen MR) is 200 cm³/mol. The SMILES string of the molecule is COc1ccc2c(Oc3ccc(NC(=O)c4c(C)n(C(I)C(C)OC(=O)CN)n(-c5ccccc5)c4=O)cc3F)ccnc2c1.O=C(O)C=CC(=O)O. The molecule has 0 radical (unpaired) electrons. The normalized spacial score (nSPS) is 12.0. The van der Waals surface area contributed by atoms with Crippen LogP contribution in [0.4, 0.5) is 10.1 Å². The van der Waals surface area contributed by atoms with Crippen LogP contribution >= 0.6 is 22.6 Å². The molecule has 0 aliphatic heterocycles. The van der Waals surface area contributed by atoms with Crippen molar-refractivity contribution in [2.24, 2.45) is 5.73 Å². The highest BCUT2D eigenvalue weighted by molar-refractivity contribution is 14.1. The highest BCUT2D eigenvalue weighted by Crippen LogP contribution is 2.33. The fraction of sp³-hybridized carbons (Fsp3) is 0.167. The maximum Gasteiger partial charge on any atom is 0.328 e. The third-order valence-electron chi connectivity index (χ3n) is 7.35. The number of aromatic nitrogens is 3. The lowest BCUT2D eigenvalue weighted by molar-refractivity contribution is -0.147. The van der Waals surface area contributed by atoms with E-state index >= 15 is 4.39 Å². The number of halogens is 2. The highest BCUT2D eigenvalue weighted by atomic mass is 127. The molecule has 276 valence electrons. The number of anilines is 1. The Hall–Kier alpha value is -6.08. The molecule has 0 aliphatic rings. The van der Waals surface area contributed by atoms with E-state index in [1.54, 1.807) is 86.4 Å². The summed E-state index contributed by atoms with van der Waals surface area (Å²) in [6.07, 6.45) is 1.97. The monoisotopic (exact) mass is 841 g/mol. The van der Waals surface area contributed by atoms with Gasteiger partial charge in [0, 0.05) is 41.6 Å². The first-order valence-corrected chi connectivity index (χ1v) is 16.8. The topological polar surface area (TPSA) is 214 Å². The van der Waals surface area contributed by atoms with Crippen LogP contribution in [0.5, 0.6) is 17.2 Å². The minimum Gasteiger partial charge on any atom is -0.497 e. The summed E-state index contributed by atoms with van der Waals surface area (Å²) in [5.74, 6) is -3.65. The van der Waals surface area contributed by atoms with Crippen LogP contribution < -0.4 is 26.1 Å². The maximum atomic E-state index is 15.3. The van der Waals surface area contributed by atoms with Gasteiger partial charge in [0.25, 0.3) is 11.5 Å². The lowest BCUT2D eigenvalue weighted by atomic mass is 10.2. The lowest BCUT2D eigenvalue weighted by Crippen LogP contribution is -2.31. The van der Waals surface area contributed by atoms with Crippen molar-refractivity contribution in [1.82, 2.24) is 14.3 Å². The molecule has 5 N–H and O–H groups in total. The molecule has 15 nitrogen and oxygen atoms in total. The standard InChI is InChI=1S/C32H29FIN5O6.C4H4O4/c1-18-29(32(42)39(21-7-5-4-6-8-21)38(18)30(34)19(2)44-28(40)17-35)31(41)37-20-9-12-27(24(33)15-20)45-26-13-14-36-25-16-22(43-3)10-11-23(25)26;5-3(6)1-2-4(7)8/h4-16,19,30H,17,35H2,1-3H3,(H,37,41);1-2H,(H,5,6)(H,7,8). The van der Waals surface area contributed by atoms with Crippen molar-refractivity contribution in [1.29, 1.82) is 0 Å². The van der Waals surface area contributed by atoms with Crippen LogP contribution in [0.25, 0.3) is 16.6 Å². The van der Waals surface area contributed by atoms with Gasteiger partial charge in [-0.15, -0.1) is 0 Å². The molecule has 1 amide bonds. The van der Waals surface area contributed by atoms with Crippen molar-refractivity contribution < 1.29 is 48.0 Å². The summed E-state index contributed by atoms with van der Waals surface area (Å²) in [7, 11) is 1.55. The van der Waals surface area contributed by atoms with Gasteiger partial charge in [-0.1, -0.05) is 40.8 Å². The number of para-hydroxylation sites is 1. The molecule has 2 unspecified atom stereocenters. The average Bonchev–Trinajstić information content (AvgIpc) is 3.40. The first-order valence-electron chi connectivity index (χ1n) is 15.5. The minimum atomic E-state index is -1.26. The van der Waals surface area contributed by atoms with E-state index in [9.17, 15) is 24.0 Å². The van der Waals surface area contributed by atoms with E-state index in [-0.39, 0.29) is 23.5 Å². The number of aliphatic carboxylic acids is 2. The van der Waals surface area contributed by atoms with E-state index in [1.807, 2.05) is 22.6 Å². The van der Waals surface area contributed by atoms with E-state index < -0.39 is 45.3 Å². The van der Waals surface area contributed by atoms with Crippen LogP contribution in [-0.4, -0.2) is 68.1 Å². The van der Waals surface area contributed by atoms with Crippen molar-refractivity contribution in [3.8, 4) is 22.9 Å². The van der Waals surface area contributed by atoms with Crippen molar-refractivity contribution in [2.45, 2.75) is 24.0 Å². The van der Waals surface area contributed by atoms with Gasteiger partial charge in [-0.25, -0.2) is 18.7 Å². The summed E-state index contributed by atoms with van der Waals surface area (Å²) in [5, 5.41) is 18.9. The number of nitrogens with zero attached hydrogens (tertiary/aromatic N) is 3. The molecule has 5 rings (SSSR count). The smallest absolute Gasteiger partial charge is 0.328 e. The van der Waals surface area contributed by atoms with E-state index in [0.29, 0.717) is 45.9 Å². The number of carbonyl (C=O) groups is 4. The summed E-state index contributed by atoms with van der Waals surface area (Å²) in [6.45, 7) is 2.99. The Labute approximate surface area is 314 Å². The number of carboxylic acid groups (broad SMARTS) is 2. The molecule has 0 fully saturated rings. The number of amides is 1. The number of nitrogens with two attached hydrogens (primary N) is 1. The van der Waals surface area contributed by atoms with Crippen molar-refractivity contribution in [3.63, 3.8) is 0 Å². The zero-order chi connectivity index (χ0) is 38.8. The quantitative estimate of drug-likeness (QED) is 0.0551. The average molecular weight is 842 g/mol. The van der Waals surface area contributed by atoms with E-state index in [0.717, 1.165) is 6.07 Å². The number of fused-ring (bicyclic) bond motifs is 1. The van der Waals surface area contributed by atoms with Crippen molar-refractivity contribution in [3.05, 3.63) is 119 Å². The third kappa shape index (κ3) is 9.83. The summed E-state index contributed by atoms with van der Waals surface area (Å²) in [5.41, 5.74) is 6.19. The second-order valence-electron chi connectivity index (χ2n) is 10.9. The van der Waals surface area contributed by atoms with Gasteiger partial charge in [-0.3, -0.25) is 24.0 Å². The van der Waals surface area contributed by atoms with Gasteiger partial charge in [0.2, 0.25) is 0 Å². The number of methoxy groups -OCH3 is 1. The summed E-state index contributed by atoms with van der Waals surface area (Å²) >= 11 is 2.04. The Morgan fingerprint density at radius 2 is 1.68 bits per heavy atom. The van der Waals surface area contributed by atoms with Gasteiger partial charge in [0.1, 0.15) is 27.2 Å². The van der Waals surface area contributed by atoms with Crippen LogP contribution in [0.15, 0.2) is 95.9 Å². The summed E-state index contributed by atoms with van der Waals surface area (Å²) in [4.78, 5) is 62.6. The first-order chi connectivity index (χ1) is 25.2. The third-order valence-corrected chi connectivity index (χ3v) is 8.89. The molecule has 0 aliphatic carbocycles. The molecular formula is C36H33FIN5O10. The lowest BCUT2D eigenvalue weighted by Gasteiger charge is -2.24. The van der Waals surface area contributed by atoms with Gasteiger partial charge in [-0.05, 0) is 56.3 Å². The maximum absolute atomic E-state index is 15.3. The van der Waals surface area contributed by atoms with Gasteiger partial charge >= 0.3 is 17.9 Å². The fourth-order valence-electron chi connectivity index (χ4n) is 4.93. The molecule has 17 heteroatoms. The molecule has 0 saturated heterocycles. The number of benzene rings is 3. The second-order valence-corrected chi connectivity index (χ2v) is 12.2. The number of rotatable bonds is 12. The number of carboxylic acids is 2.